The molecular weight excluding hydrogens is 156 g/mol. The Morgan fingerprint density at radius 1 is 1.78 bits per heavy atom. The molecule has 4 heteroatoms. The van der Waals surface area contributed by atoms with Crippen molar-refractivity contribution < 1.29 is 0 Å². The quantitative estimate of drug-likeness (QED) is 0.473. The van der Waals surface area contributed by atoms with Gasteiger partial charge in [-0.3, -0.25) is 5.41 Å². The second kappa shape index (κ2) is 3.48. The molecular formula is C5H6ClN2S. The molecule has 0 aliphatic carbocycles. The van der Waals surface area contributed by atoms with E-state index in [0.717, 1.165) is 0 Å². The summed E-state index contributed by atoms with van der Waals surface area (Å²) in [4.78, 5) is 0.713. The van der Waals surface area contributed by atoms with E-state index in [9.17, 15) is 0 Å². The first-order valence-electron chi connectivity index (χ1n) is 2.10. The monoisotopic (exact) mass is 161 g/mol. The second-order valence-corrected chi connectivity index (χ2v) is 2.22. The van der Waals surface area contributed by atoms with E-state index in [1.54, 1.807) is 6.07 Å². The van der Waals surface area contributed by atoms with E-state index in [-0.39, 0.29) is 18.2 Å². The summed E-state index contributed by atoms with van der Waals surface area (Å²) in [7, 11) is 0. The lowest BCUT2D eigenvalue weighted by atomic mass is 10.4. The molecule has 1 heterocycles. The molecule has 0 spiro atoms. The molecule has 0 aliphatic rings. The lowest BCUT2D eigenvalue weighted by Crippen LogP contribution is -2.08. The highest BCUT2D eigenvalue weighted by Gasteiger charge is 1.92. The molecule has 3 N–H and O–H groups in total. The lowest BCUT2D eigenvalue weighted by Gasteiger charge is -1.84. The molecule has 0 atom stereocenters. The fourth-order valence-corrected chi connectivity index (χ4v) is 0.922. The van der Waals surface area contributed by atoms with Gasteiger partial charge in [0.2, 0.25) is 0 Å². The van der Waals surface area contributed by atoms with Gasteiger partial charge >= 0.3 is 0 Å². The molecule has 49 valence electrons. The van der Waals surface area contributed by atoms with E-state index in [1.165, 1.54) is 11.3 Å². The van der Waals surface area contributed by atoms with E-state index in [1.807, 2.05) is 5.38 Å². The Labute approximate surface area is 63.6 Å². The maximum atomic E-state index is 6.91. The molecule has 0 saturated carbocycles. The van der Waals surface area contributed by atoms with E-state index in [2.05, 4.69) is 6.07 Å². The minimum atomic E-state index is 0. The molecule has 0 aliphatic heterocycles. The van der Waals surface area contributed by atoms with Crippen LogP contribution in [0.15, 0.2) is 11.4 Å². The van der Waals surface area contributed by atoms with Crippen LogP contribution >= 0.6 is 23.7 Å². The van der Waals surface area contributed by atoms with Crippen LogP contribution in [0.25, 0.3) is 0 Å². The summed E-state index contributed by atoms with van der Waals surface area (Å²) in [5.41, 5.74) is 5.12. The van der Waals surface area contributed by atoms with Gasteiger partial charge in [-0.05, 0) is 11.4 Å². The SMILES string of the molecule is Cl.N=C(N)c1[c]ccs1. The first kappa shape index (κ1) is 8.46. The summed E-state index contributed by atoms with van der Waals surface area (Å²) >= 11 is 1.43. The Bertz CT molecular complexity index is 183. The van der Waals surface area contributed by atoms with Crippen LogP contribution in [0.1, 0.15) is 4.88 Å². The Hall–Kier alpha value is -0.540. The number of thiophene rings is 1. The van der Waals surface area contributed by atoms with Gasteiger partial charge in [-0.25, -0.2) is 0 Å². The maximum Gasteiger partial charge on any atom is 0.133 e. The summed E-state index contributed by atoms with van der Waals surface area (Å²) in [6.45, 7) is 0. The predicted molar refractivity (Wildman–Crippen MR) is 41.4 cm³/mol. The van der Waals surface area contributed by atoms with Gasteiger partial charge in [-0.2, -0.15) is 0 Å². The largest absolute Gasteiger partial charge is 0.383 e. The fourth-order valence-electron chi connectivity index (χ4n) is 0.387. The van der Waals surface area contributed by atoms with Crippen LogP contribution in [-0.2, 0) is 0 Å². The highest BCUT2D eigenvalue weighted by atomic mass is 35.5. The van der Waals surface area contributed by atoms with Crippen molar-refractivity contribution in [2.75, 3.05) is 0 Å². The van der Waals surface area contributed by atoms with Crippen molar-refractivity contribution in [1.82, 2.24) is 0 Å². The molecule has 0 bridgehead atoms. The van der Waals surface area contributed by atoms with Crippen LogP contribution in [0, 0.1) is 11.5 Å². The Morgan fingerprint density at radius 2 is 2.44 bits per heavy atom. The molecule has 1 radical (unpaired) electrons. The topological polar surface area (TPSA) is 49.9 Å². The highest BCUT2D eigenvalue weighted by molar-refractivity contribution is 7.12. The first-order valence-corrected chi connectivity index (χ1v) is 2.98. The van der Waals surface area contributed by atoms with E-state index >= 15 is 0 Å². The van der Waals surface area contributed by atoms with Gasteiger partial charge in [0, 0.05) is 6.07 Å². The number of nitrogen functional groups attached to an aromatic ring is 1. The molecule has 0 fully saturated rings. The van der Waals surface area contributed by atoms with Crippen LogP contribution in [0.2, 0.25) is 0 Å². The third-order valence-electron chi connectivity index (χ3n) is 0.713. The molecule has 0 saturated heterocycles. The Kier molecular flexibility index (Phi) is 3.27. The third-order valence-corrected chi connectivity index (χ3v) is 1.56. The average molecular weight is 162 g/mol. The van der Waals surface area contributed by atoms with Crippen molar-refractivity contribution in [2.45, 2.75) is 0 Å². The predicted octanol–water partition coefficient (Wildman–Crippen LogP) is 1.25. The molecule has 1 rings (SSSR count). The molecule has 9 heavy (non-hydrogen) atoms. The van der Waals surface area contributed by atoms with Crippen LogP contribution < -0.4 is 5.73 Å². The number of nitrogens with two attached hydrogens (primary N) is 1. The number of hydrogen-bond acceptors (Lipinski definition) is 2. The van der Waals surface area contributed by atoms with Gasteiger partial charge in [0.05, 0.1) is 4.88 Å². The zero-order chi connectivity index (χ0) is 5.98. The van der Waals surface area contributed by atoms with Crippen molar-refractivity contribution >= 4 is 29.6 Å². The van der Waals surface area contributed by atoms with E-state index in [4.69, 9.17) is 11.1 Å². The number of nitrogens with one attached hydrogen (secondary N) is 1. The number of rotatable bonds is 1. The Balaban J connectivity index is 0.000000640. The minimum Gasteiger partial charge on any atom is -0.383 e. The first-order chi connectivity index (χ1) is 3.80. The van der Waals surface area contributed by atoms with E-state index in [0.29, 0.717) is 4.88 Å². The van der Waals surface area contributed by atoms with Gasteiger partial charge in [0.15, 0.2) is 0 Å². The summed E-state index contributed by atoms with van der Waals surface area (Å²) in [6.07, 6.45) is 0. The average Bonchev–Trinajstić information content (AvgIpc) is 2.12. The molecule has 0 unspecified atom stereocenters. The summed E-state index contributed by atoms with van der Waals surface area (Å²) in [5.74, 6) is 0.0972. The Morgan fingerprint density at radius 3 is 2.67 bits per heavy atom. The normalized spacial score (nSPS) is 8.00. The summed E-state index contributed by atoms with van der Waals surface area (Å²) in [5, 5.41) is 8.75. The highest BCUT2D eigenvalue weighted by Crippen LogP contribution is 2.04. The molecule has 1 aromatic heterocycles. The molecule has 0 amide bonds. The summed E-state index contributed by atoms with van der Waals surface area (Å²) < 4.78 is 0. The smallest absolute Gasteiger partial charge is 0.133 e. The van der Waals surface area contributed by atoms with Crippen molar-refractivity contribution in [1.29, 1.82) is 5.41 Å². The van der Waals surface area contributed by atoms with Gasteiger partial charge < -0.3 is 5.73 Å². The van der Waals surface area contributed by atoms with Crippen LogP contribution in [-0.4, -0.2) is 5.84 Å². The van der Waals surface area contributed by atoms with Crippen LogP contribution in [0.3, 0.4) is 0 Å². The van der Waals surface area contributed by atoms with Crippen molar-refractivity contribution in [3.8, 4) is 0 Å². The third kappa shape index (κ3) is 2.03. The van der Waals surface area contributed by atoms with Crippen LogP contribution in [0.5, 0.6) is 0 Å². The number of amidine groups is 1. The van der Waals surface area contributed by atoms with Crippen molar-refractivity contribution in [3.63, 3.8) is 0 Å². The lowest BCUT2D eigenvalue weighted by molar-refractivity contribution is 1.45. The fraction of sp³-hybridized carbons (Fsp3) is 0. The van der Waals surface area contributed by atoms with Gasteiger partial charge in [0.1, 0.15) is 5.84 Å². The van der Waals surface area contributed by atoms with Crippen molar-refractivity contribution in [3.05, 3.63) is 22.4 Å². The molecule has 1 aromatic rings. The summed E-state index contributed by atoms with van der Waals surface area (Å²) in [6, 6.07) is 4.56. The maximum absolute atomic E-state index is 6.91. The van der Waals surface area contributed by atoms with Gasteiger partial charge in [-0.1, -0.05) is 0 Å². The van der Waals surface area contributed by atoms with Gasteiger partial charge in [0.25, 0.3) is 0 Å². The van der Waals surface area contributed by atoms with Crippen LogP contribution in [0.4, 0.5) is 0 Å². The standard InChI is InChI=1S/C5H5N2S.ClH/c6-5(7)4-2-1-3-8-4;/h1,3H,(H3,6,7);1H. The second-order valence-electron chi connectivity index (χ2n) is 1.31. The number of hydrogen-bond donors (Lipinski definition) is 2. The molecule has 2 nitrogen and oxygen atoms in total. The van der Waals surface area contributed by atoms with E-state index < -0.39 is 0 Å². The number of halogens is 1. The van der Waals surface area contributed by atoms with Gasteiger partial charge in [-0.15, -0.1) is 23.7 Å². The zero-order valence-electron chi connectivity index (χ0n) is 4.55. The van der Waals surface area contributed by atoms with Crippen molar-refractivity contribution in [2.24, 2.45) is 5.73 Å². The molecule has 0 aromatic carbocycles. The minimum absolute atomic E-state index is 0. The zero-order valence-corrected chi connectivity index (χ0v) is 6.18.